The number of ether oxygens (including phenoxy) is 2. The van der Waals surface area contributed by atoms with Gasteiger partial charge in [-0.3, -0.25) is 4.99 Å². The van der Waals surface area contributed by atoms with Gasteiger partial charge in [-0.2, -0.15) is 0 Å². The van der Waals surface area contributed by atoms with Gasteiger partial charge in [0.1, 0.15) is 12.4 Å². The van der Waals surface area contributed by atoms with Gasteiger partial charge in [0.15, 0.2) is 5.54 Å². The van der Waals surface area contributed by atoms with Gasteiger partial charge in [-0.1, -0.05) is 0 Å². The maximum absolute atomic E-state index is 11.3. The van der Waals surface area contributed by atoms with E-state index in [-0.39, 0.29) is 6.61 Å². The fourth-order valence-corrected chi connectivity index (χ4v) is 3.35. The molecule has 0 unspecified atom stereocenters. The molecule has 126 valence electrons. The number of aliphatic hydroxyl groups is 1. The number of carbonyl (C=O) groups is 1. The largest absolute Gasteiger partial charge is 0.491 e. The number of hydrogen-bond donors (Lipinski definition) is 2. The van der Waals surface area contributed by atoms with E-state index in [4.69, 9.17) is 14.6 Å². The molecule has 0 spiro atoms. The van der Waals surface area contributed by atoms with Crippen molar-refractivity contribution < 1.29 is 24.5 Å². The molecule has 0 saturated carbocycles. The Labute approximate surface area is 139 Å². The number of aliphatic carboxylic acids is 1. The molecule has 0 aliphatic carbocycles. The van der Waals surface area contributed by atoms with E-state index in [1.54, 1.807) is 6.92 Å². The second kappa shape index (κ2) is 7.81. The Bertz CT molecular complexity index is 604. The molecule has 1 atom stereocenters. The first-order valence-electron chi connectivity index (χ1n) is 7.35. The second-order valence-electron chi connectivity index (χ2n) is 5.45. The van der Waals surface area contributed by atoms with Crippen molar-refractivity contribution in [3.8, 4) is 5.75 Å². The number of thioether (sulfide) groups is 1. The maximum atomic E-state index is 11.3. The zero-order chi connectivity index (χ0) is 16.9. The minimum atomic E-state index is -1.05. The second-order valence-corrected chi connectivity index (χ2v) is 6.41. The Morgan fingerprint density at radius 3 is 2.78 bits per heavy atom. The summed E-state index contributed by atoms with van der Waals surface area (Å²) in [7, 11) is 0. The molecule has 2 N–H and O–H groups in total. The minimum Gasteiger partial charge on any atom is -0.491 e. The Balaban J connectivity index is 2.01. The highest BCUT2D eigenvalue weighted by Gasteiger charge is 2.38. The predicted molar refractivity (Wildman–Crippen MR) is 89.6 cm³/mol. The molecule has 0 bridgehead atoms. The van der Waals surface area contributed by atoms with Gasteiger partial charge >= 0.3 is 5.97 Å². The van der Waals surface area contributed by atoms with Gasteiger partial charge in [-0.25, -0.2) is 4.79 Å². The molecule has 1 aromatic rings. The highest BCUT2D eigenvalue weighted by molar-refractivity contribution is 8.14. The zero-order valence-electron chi connectivity index (χ0n) is 13.2. The van der Waals surface area contributed by atoms with E-state index < -0.39 is 11.5 Å². The summed E-state index contributed by atoms with van der Waals surface area (Å²) in [6.45, 7) is 4.72. The quantitative estimate of drug-likeness (QED) is 0.701. The highest BCUT2D eigenvalue weighted by Crippen LogP contribution is 2.33. The van der Waals surface area contributed by atoms with E-state index in [1.807, 2.05) is 25.1 Å². The molecule has 1 aliphatic rings. The summed E-state index contributed by atoms with van der Waals surface area (Å²) >= 11 is 1.46. The lowest BCUT2D eigenvalue weighted by Gasteiger charge is -2.12. The van der Waals surface area contributed by atoms with Crippen molar-refractivity contribution in [2.75, 3.05) is 32.2 Å². The molecule has 23 heavy (non-hydrogen) atoms. The van der Waals surface area contributed by atoms with E-state index in [0.29, 0.717) is 25.6 Å². The zero-order valence-corrected chi connectivity index (χ0v) is 14.1. The van der Waals surface area contributed by atoms with Gasteiger partial charge in [-0.05, 0) is 37.6 Å². The summed E-state index contributed by atoms with van der Waals surface area (Å²) in [5.74, 6) is 0.265. The van der Waals surface area contributed by atoms with Gasteiger partial charge in [0.25, 0.3) is 0 Å². The number of carboxylic acid groups (broad SMARTS) is 1. The number of benzene rings is 1. The van der Waals surface area contributed by atoms with Crippen molar-refractivity contribution in [1.29, 1.82) is 0 Å². The van der Waals surface area contributed by atoms with Crippen molar-refractivity contribution in [2.24, 2.45) is 4.99 Å². The van der Waals surface area contributed by atoms with Gasteiger partial charge in [0.2, 0.25) is 0 Å². The summed E-state index contributed by atoms with van der Waals surface area (Å²) in [4.78, 5) is 15.6. The van der Waals surface area contributed by atoms with Gasteiger partial charge in [0, 0.05) is 11.3 Å². The molecule has 1 aliphatic heterocycles. The number of nitrogens with zero attached hydrogens (tertiary/aromatic N) is 1. The van der Waals surface area contributed by atoms with Crippen LogP contribution in [0, 0.1) is 6.92 Å². The lowest BCUT2D eigenvalue weighted by molar-refractivity contribution is -0.141. The fraction of sp³-hybridized carbons (Fsp3) is 0.500. The number of hydrogen-bond acceptors (Lipinski definition) is 6. The topological polar surface area (TPSA) is 88.4 Å². The predicted octanol–water partition coefficient (Wildman–Crippen LogP) is 1.72. The van der Waals surface area contributed by atoms with Crippen molar-refractivity contribution in [3.63, 3.8) is 0 Å². The molecule has 1 heterocycles. The van der Waals surface area contributed by atoms with Crippen LogP contribution in [0.1, 0.15) is 18.1 Å². The van der Waals surface area contributed by atoms with Gasteiger partial charge in [0.05, 0.1) is 24.9 Å². The Morgan fingerprint density at radius 1 is 1.39 bits per heavy atom. The molecular formula is C16H21NO5S. The normalized spacial score (nSPS) is 20.4. The number of carboxylic acids is 1. The monoisotopic (exact) mass is 339 g/mol. The van der Waals surface area contributed by atoms with Crippen molar-refractivity contribution in [3.05, 3.63) is 29.3 Å². The Kier molecular flexibility index (Phi) is 6.04. The SMILES string of the molecule is Cc1cc(OCCOCCO)ccc1C1=N[C@@](C)(C(=O)O)CS1. The van der Waals surface area contributed by atoms with Crippen LogP contribution in [0.25, 0.3) is 0 Å². The van der Waals surface area contributed by atoms with E-state index in [2.05, 4.69) is 4.99 Å². The first-order valence-corrected chi connectivity index (χ1v) is 8.33. The molecule has 0 amide bonds. The Morgan fingerprint density at radius 2 is 2.17 bits per heavy atom. The molecular weight excluding hydrogens is 318 g/mol. The van der Waals surface area contributed by atoms with Crippen LogP contribution in [0.15, 0.2) is 23.2 Å². The van der Waals surface area contributed by atoms with Crippen LogP contribution >= 0.6 is 11.8 Å². The van der Waals surface area contributed by atoms with Gasteiger partial charge in [-0.15, -0.1) is 11.8 Å². The summed E-state index contributed by atoms with van der Waals surface area (Å²) in [5, 5.41) is 18.6. The molecule has 7 heteroatoms. The van der Waals surface area contributed by atoms with Crippen LogP contribution < -0.4 is 4.74 Å². The number of aliphatic imine (C=N–C) groups is 1. The summed E-state index contributed by atoms with van der Waals surface area (Å²) in [6, 6.07) is 5.65. The van der Waals surface area contributed by atoms with Gasteiger partial charge < -0.3 is 19.7 Å². The molecule has 6 nitrogen and oxygen atoms in total. The molecule has 1 aromatic carbocycles. The van der Waals surface area contributed by atoms with Crippen LogP contribution in [0.3, 0.4) is 0 Å². The van der Waals surface area contributed by atoms with E-state index in [0.717, 1.165) is 21.9 Å². The van der Waals surface area contributed by atoms with E-state index in [1.165, 1.54) is 11.8 Å². The highest BCUT2D eigenvalue weighted by atomic mass is 32.2. The smallest absolute Gasteiger partial charge is 0.332 e. The first kappa shape index (κ1) is 17.8. The molecule has 0 radical (unpaired) electrons. The molecule has 0 fully saturated rings. The third-order valence-corrected chi connectivity index (χ3v) is 4.75. The van der Waals surface area contributed by atoms with Crippen molar-refractivity contribution in [1.82, 2.24) is 0 Å². The number of aryl methyl sites for hydroxylation is 1. The summed E-state index contributed by atoms with van der Waals surface area (Å²) in [5.41, 5.74) is 0.870. The summed E-state index contributed by atoms with van der Waals surface area (Å²) in [6.07, 6.45) is 0. The molecule has 2 rings (SSSR count). The average Bonchev–Trinajstić information content (AvgIpc) is 2.91. The number of aliphatic hydroxyl groups excluding tert-OH is 1. The average molecular weight is 339 g/mol. The van der Waals surface area contributed by atoms with Crippen molar-refractivity contribution in [2.45, 2.75) is 19.4 Å². The standard InChI is InChI=1S/C16H21NO5S/c1-11-9-12(22-8-7-21-6-5-18)3-4-13(11)14-17-16(2,10-23-14)15(19)20/h3-4,9,18H,5-8,10H2,1-2H3,(H,19,20)/t16-/m1/s1. The first-order chi connectivity index (χ1) is 11.0. The van der Waals surface area contributed by atoms with Crippen LogP contribution in [0.2, 0.25) is 0 Å². The lowest BCUT2D eigenvalue weighted by atomic mass is 10.1. The Hall–Kier alpha value is -1.57. The molecule has 0 aromatic heterocycles. The lowest BCUT2D eigenvalue weighted by Crippen LogP contribution is -2.33. The van der Waals surface area contributed by atoms with Crippen LogP contribution in [-0.2, 0) is 9.53 Å². The third-order valence-electron chi connectivity index (χ3n) is 3.46. The van der Waals surface area contributed by atoms with Crippen LogP contribution in [0.5, 0.6) is 5.75 Å². The van der Waals surface area contributed by atoms with E-state index in [9.17, 15) is 9.90 Å². The summed E-state index contributed by atoms with van der Waals surface area (Å²) < 4.78 is 10.7. The number of rotatable bonds is 8. The van der Waals surface area contributed by atoms with Crippen molar-refractivity contribution >= 4 is 22.8 Å². The minimum absolute atomic E-state index is 0.00282. The maximum Gasteiger partial charge on any atom is 0.332 e. The van der Waals surface area contributed by atoms with E-state index >= 15 is 0 Å². The van der Waals surface area contributed by atoms with Crippen LogP contribution in [-0.4, -0.2) is 58.9 Å². The fourth-order valence-electron chi connectivity index (χ4n) is 2.10. The molecule has 0 saturated heterocycles. The van der Waals surface area contributed by atoms with Crippen LogP contribution in [0.4, 0.5) is 0 Å². The third kappa shape index (κ3) is 4.46.